The molecule has 0 aliphatic heterocycles. The summed E-state index contributed by atoms with van der Waals surface area (Å²) in [5.74, 6) is 0.00687. The molecule has 0 saturated carbocycles. The maximum absolute atomic E-state index is 12.1. The zero-order chi connectivity index (χ0) is 15.4. The second-order valence-corrected chi connectivity index (χ2v) is 4.45. The molecule has 0 fully saturated rings. The van der Waals surface area contributed by atoms with Crippen LogP contribution in [0.1, 0.15) is 17.3 Å². The van der Waals surface area contributed by atoms with E-state index in [1.165, 1.54) is 20.2 Å². The van der Waals surface area contributed by atoms with Crippen molar-refractivity contribution in [2.75, 3.05) is 17.7 Å². The summed E-state index contributed by atoms with van der Waals surface area (Å²) < 4.78 is 6.74. The largest absolute Gasteiger partial charge is 0.495 e. The van der Waals surface area contributed by atoms with Crippen molar-refractivity contribution < 1.29 is 14.3 Å². The molecular weight excluding hydrogens is 272 g/mol. The van der Waals surface area contributed by atoms with Crippen molar-refractivity contribution >= 4 is 23.2 Å². The van der Waals surface area contributed by atoms with Crippen LogP contribution in [0.2, 0.25) is 0 Å². The Morgan fingerprint density at radius 1 is 1.29 bits per heavy atom. The van der Waals surface area contributed by atoms with Gasteiger partial charge in [-0.3, -0.25) is 14.3 Å². The van der Waals surface area contributed by atoms with Crippen LogP contribution in [-0.4, -0.2) is 28.7 Å². The lowest BCUT2D eigenvalue weighted by Crippen LogP contribution is -2.13. The van der Waals surface area contributed by atoms with Crippen LogP contribution in [0.15, 0.2) is 30.6 Å². The predicted molar refractivity (Wildman–Crippen MR) is 78.5 cm³/mol. The number of anilines is 2. The van der Waals surface area contributed by atoms with E-state index in [1.54, 1.807) is 36.1 Å². The first-order chi connectivity index (χ1) is 9.99. The summed E-state index contributed by atoms with van der Waals surface area (Å²) in [6, 6.07) is 5.00. The number of benzene rings is 1. The first-order valence-corrected chi connectivity index (χ1v) is 6.25. The summed E-state index contributed by atoms with van der Waals surface area (Å²) in [7, 11) is 3.24. The molecule has 0 atom stereocenters. The molecule has 1 aromatic carbocycles. The maximum atomic E-state index is 12.1. The number of nitrogens with zero attached hydrogens (tertiary/aromatic N) is 2. The Morgan fingerprint density at radius 3 is 2.62 bits per heavy atom. The highest BCUT2D eigenvalue weighted by atomic mass is 16.5. The number of carbonyl (C=O) groups excluding carboxylic acids is 2. The van der Waals surface area contributed by atoms with Gasteiger partial charge in [-0.1, -0.05) is 0 Å². The number of aryl methyl sites for hydroxylation is 1. The van der Waals surface area contributed by atoms with Gasteiger partial charge in [-0.2, -0.15) is 5.10 Å². The number of aromatic nitrogens is 2. The zero-order valence-corrected chi connectivity index (χ0v) is 12.0. The first kappa shape index (κ1) is 14.6. The lowest BCUT2D eigenvalue weighted by molar-refractivity contribution is -0.114. The highest BCUT2D eigenvalue weighted by Crippen LogP contribution is 2.28. The Bertz CT molecular complexity index is 679. The topological polar surface area (TPSA) is 85.2 Å². The van der Waals surface area contributed by atoms with Crippen molar-refractivity contribution in [3.8, 4) is 5.75 Å². The van der Waals surface area contributed by atoms with Gasteiger partial charge in [-0.15, -0.1) is 0 Å². The Kier molecular flexibility index (Phi) is 4.22. The van der Waals surface area contributed by atoms with Crippen LogP contribution >= 0.6 is 0 Å². The number of hydrogen-bond acceptors (Lipinski definition) is 4. The quantitative estimate of drug-likeness (QED) is 0.895. The van der Waals surface area contributed by atoms with Crippen molar-refractivity contribution in [3.63, 3.8) is 0 Å². The molecule has 110 valence electrons. The SMILES string of the molecule is COc1ccc(NC(C)=O)cc1NC(=O)c1cnn(C)c1. The third-order valence-corrected chi connectivity index (χ3v) is 2.74. The molecule has 2 amide bonds. The first-order valence-electron chi connectivity index (χ1n) is 6.25. The fraction of sp³-hybridized carbons (Fsp3) is 0.214. The summed E-state index contributed by atoms with van der Waals surface area (Å²) in [6.45, 7) is 1.41. The number of nitrogens with one attached hydrogen (secondary N) is 2. The van der Waals surface area contributed by atoms with Gasteiger partial charge in [0.2, 0.25) is 5.91 Å². The second-order valence-electron chi connectivity index (χ2n) is 4.45. The highest BCUT2D eigenvalue weighted by Gasteiger charge is 2.12. The van der Waals surface area contributed by atoms with Crippen molar-refractivity contribution in [1.82, 2.24) is 9.78 Å². The van der Waals surface area contributed by atoms with Gasteiger partial charge in [0.15, 0.2) is 0 Å². The summed E-state index contributed by atoms with van der Waals surface area (Å²) in [4.78, 5) is 23.2. The minimum atomic E-state index is -0.304. The summed E-state index contributed by atoms with van der Waals surface area (Å²) in [6.07, 6.45) is 3.08. The molecule has 0 aliphatic rings. The molecule has 1 aromatic heterocycles. The Labute approximate surface area is 121 Å². The van der Waals surface area contributed by atoms with E-state index in [4.69, 9.17) is 4.74 Å². The molecule has 0 spiro atoms. The monoisotopic (exact) mass is 288 g/mol. The molecule has 21 heavy (non-hydrogen) atoms. The molecule has 2 aromatic rings. The lowest BCUT2D eigenvalue weighted by atomic mass is 10.2. The predicted octanol–water partition coefficient (Wildman–Crippen LogP) is 1.64. The number of hydrogen-bond donors (Lipinski definition) is 2. The van der Waals surface area contributed by atoms with Crippen molar-refractivity contribution in [2.24, 2.45) is 7.05 Å². The minimum absolute atomic E-state index is 0.190. The molecule has 7 heteroatoms. The van der Waals surface area contributed by atoms with Crippen LogP contribution in [0.3, 0.4) is 0 Å². The van der Waals surface area contributed by atoms with E-state index in [9.17, 15) is 9.59 Å². The van der Waals surface area contributed by atoms with Crippen LogP contribution in [0.5, 0.6) is 5.75 Å². The van der Waals surface area contributed by atoms with Gasteiger partial charge < -0.3 is 15.4 Å². The van der Waals surface area contributed by atoms with E-state index in [0.717, 1.165) is 0 Å². The Hall–Kier alpha value is -2.83. The Morgan fingerprint density at radius 2 is 2.05 bits per heavy atom. The molecule has 7 nitrogen and oxygen atoms in total. The van der Waals surface area contributed by atoms with Gasteiger partial charge in [0.05, 0.1) is 24.6 Å². The van der Waals surface area contributed by atoms with E-state index in [0.29, 0.717) is 22.7 Å². The molecular formula is C14H16N4O3. The molecule has 0 aliphatic carbocycles. The number of ether oxygens (including phenoxy) is 1. The van der Waals surface area contributed by atoms with Crippen molar-refractivity contribution in [1.29, 1.82) is 0 Å². The Balaban J connectivity index is 2.24. The van der Waals surface area contributed by atoms with Crippen molar-refractivity contribution in [2.45, 2.75) is 6.92 Å². The smallest absolute Gasteiger partial charge is 0.258 e. The van der Waals surface area contributed by atoms with Gasteiger partial charge >= 0.3 is 0 Å². The van der Waals surface area contributed by atoms with E-state index in [2.05, 4.69) is 15.7 Å². The average Bonchev–Trinajstić information content (AvgIpc) is 2.85. The number of carbonyl (C=O) groups is 2. The lowest BCUT2D eigenvalue weighted by Gasteiger charge is -2.11. The molecule has 0 unspecified atom stereocenters. The third-order valence-electron chi connectivity index (χ3n) is 2.74. The molecule has 1 heterocycles. The fourth-order valence-corrected chi connectivity index (χ4v) is 1.82. The van der Waals surface area contributed by atoms with E-state index in [-0.39, 0.29) is 11.8 Å². The molecule has 2 N–H and O–H groups in total. The summed E-state index contributed by atoms with van der Waals surface area (Å²) in [5, 5.41) is 9.33. The maximum Gasteiger partial charge on any atom is 0.258 e. The summed E-state index contributed by atoms with van der Waals surface area (Å²) >= 11 is 0. The molecule has 2 rings (SSSR count). The third kappa shape index (κ3) is 3.59. The van der Waals surface area contributed by atoms with Gasteiger partial charge in [0, 0.05) is 25.9 Å². The minimum Gasteiger partial charge on any atom is -0.495 e. The molecule has 0 bridgehead atoms. The van der Waals surface area contributed by atoms with E-state index in [1.807, 2.05) is 0 Å². The van der Waals surface area contributed by atoms with E-state index < -0.39 is 0 Å². The van der Waals surface area contributed by atoms with Crippen molar-refractivity contribution in [3.05, 3.63) is 36.2 Å². The fourth-order valence-electron chi connectivity index (χ4n) is 1.82. The van der Waals surface area contributed by atoms with Crippen LogP contribution in [-0.2, 0) is 11.8 Å². The number of rotatable bonds is 4. The summed E-state index contributed by atoms with van der Waals surface area (Å²) in [5.41, 5.74) is 1.48. The molecule has 0 radical (unpaired) electrons. The van der Waals surface area contributed by atoms with Crippen LogP contribution in [0, 0.1) is 0 Å². The highest BCUT2D eigenvalue weighted by molar-refractivity contribution is 6.05. The van der Waals surface area contributed by atoms with Crippen LogP contribution in [0.4, 0.5) is 11.4 Å². The van der Waals surface area contributed by atoms with Crippen LogP contribution < -0.4 is 15.4 Å². The number of amides is 2. The van der Waals surface area contributed by atoms with Gasteiger partial charge in [0.1, 0.15) is 5.75 Å². The zero-order valence-electron chi connectivity index (χ0n) is 12.0. The van der Waals surface area contributed by atoms with Crippen LogP contribution in [0.25, 0.3) is 0 Å². The second kappa shape index (κ2) is 6.08. The normalized spacial score (nSPS) is 10.0. The standard InChI is InChI=1S/C14H16N4O3/c1-9(19)16-11-4-5-13(21-3)12(6-11)17-14(20)10-7-15-18(2)8-10/h4-8H,1-3H3,(H,16,19)(H,17,20). The number of methoxy groups -OCH3 is 1. The van der Waals surface area contributed by atoms with Gasteiger partial charge in [-0.05, 0) is 18.2 Å². The van der Waals surface area contributed by atoms with Gasteiger partial charge in [0.25, 0.3) is 5.91 Å². The molecule has 0 saturated heterocycles. The average molecular weight is 288 g/mol. The van der Waals surface area contributed by atoms with E-state index >= 15 is 0 Å². The van der Waals surface area contributed by atoms with Gasteiger partial charge in [-0.25, -0.2) is 0 Å².